The van der Waals surface area contributed by atoms with Gasteiger partial charge in [0.25, 0.3) is 0 Å². The van der Waals surface area contributed by atoms with E-state index in [1.54, 1.807) is 7.11 Å². The number of benzene rings is 1. The fourth-order valence-electron chi connectivity index (χ4n) is 2.68. The van der Waals surface area contributed by atoms with Crippen LogP contribution in [-0.2, 0) is 11.2 Å². The number of amides is 1. The summed E-state index contributed by atoms with van der Waals surface area (Å²) >= 11 is 0. The fourth-order valence-corrected chi connectivity index (χ4v) is 2.68. The molecule has 1 aliphatic rings. The van der Waals surface area contributed by atoms with Gasteiger partial charge < -0.3 is 15.2 Å². The number of rotatable bonds is 5. The number of aryl methyl sites for hydroxylation is 1. The molecule has 1 saturated carbocycles. The van der Waals surface area contributed by atoms with Crippen LogP contribution in [0.15, 0.2) is 24.3 Å². The highest BCUT2D eigenvalue weighted by molar-refractivity contribution is 5.76. The zero-order chi connectivity index (χ0) is 14.4. The van der Waals surface area contributed by atoms with E-state index >= 15 is 0 Å². The normalized spacial score (nSPS) is 22.3. The summed E-state index contributed by atoms with van der Waals surface area (Å²) in [6.45, 7) is 0. The lowest BCUT2D eigenvalue weighted by atomic mass is 9.93. The number of para-hydroxylation sites is 1. The molecule has 110 valence electrons. The number of carbonyl (C=O) groups excluding carboxylic acids is 1. The summed E-state index contributed by atoms with van der Waals surface area (Å²) in [5.41, 5.74) is 1.06. The molecule has 1 aromatic rings. The maximum absolute atomic E-state index is 12.0. The Labute approximate surface area is 120 Å². The number of aliphatic hydroxyl groups excluding tert-OH is 1. The van der Waals surface area contributed by atoms with E-state index in [1.807, 2.05) is 24.3 Å². The van der Waals surface area contributed by atoms with Gasteiger partial charge in [-0.3, -0.25) is 4.79 Å². The van der Waals surface area contributed by atoms with Gasteiger partial charge in [0.05, 0.1) is 13.2 Å². The van der Waals surface area contributed by atoms with Gasteiger partial charge in [-0.15, -0.1) is 0 Å². The Morgan fingerprint density at radius 2 is 2.00 bits per heavy atom. The molecule has 1 aliphatic carbocycles. The van der Waals surface area contributed by atoms with Gasteiger partial charge in [-0.25, -0.2) is 0 Å². The number of hydrogen-bond donors (Lipinski definition) is 2. The Hall–Kier alpha value is -1.55. The summed E-state index contributed by atoms with van der Waals surface area (Å²) in [5.74, 6) is 0.915. The highest BCUT2D eigenvalue weighted by Gasteiger charge is 2.20. The van der Waals surface area contributed by atoms with Crippen LogP contribution in [-0.4, -0.2) is 30.3 Å². The van der Waals surface area contributed by atoms with Crippen LogP contribution in [0.4, 0.5) is 0 Å². The van der Waals surface area contributed by atoms with Gasteiger partial charge in [0.2, 0.25) is 5.91 Å². The third-order valence-corrected chi connectivity index (χ3v) is 3.88. The molecule has 1 aromatic carbocycles. The molecule has 20 heavy (non-hydrogen) atoms. The van der Waals surface area contributed by atoms with Crippen molar-refractivity contribution >= 4 is 5.91 Å². The first-order valence-electron chi connectivity index (χ1n) is 7.28. The van der Waals surface area contributed by atoms with Crippen LogP contribution < -0.4 is 10.1 Å². The Bertz CT molecular complexity index is 439. The van der Waals surface area contributed by atoms with Gasteiger partial charge in [0, 0.05) is 12.5 Å². The maximum Gasteiger partial charge on any atom is 0.220 e. The molecule has 0 aromatic heterocycles. The minimum Gasteiger partial charge on any atom is -0.496 e. The van der Waals surface area contributed by atoms with Crippen molar-refractivity contribution in [3.05, 3.63) is 29.8 Å². The Balaban J connectivity index is 1.77. The number of nitrogens with one attached hydrogen (secondary N) is 1. The maximum atomic E-state index is 12.0. The van der Waals surface area contributed by atoms with Crippen molar-refractivity contribution in [2.75, 3.05) is 7.11 Å². The Morgan fingerprint density at radius 3 is 2.70 bits per heavy atom. The molecule has 0 aliphatic heterocycles. The smallest absolute Gasteiger partial charge is 0.220 e. The van der Waals surface area contributed by atoms with Crippen LogP contribution in [0.2, 0.25) is 0 Å². The van der Waals surface area contributed by atoms with Crippen LogP contribution in [0.25, 0.3) is 0 Å². The zero-order valence-electron chi connectivity index (χ0n) is 12.0. The average molecular weight is 277 g/mol. The molecule has 4 nitrogen and oxygen atoms in total. The predicted octanol–water partition coefficient (Wildman–Crippen LogP) is 2.05. The molecular formula is C16H23NO3. The van der Waals surface area contributed by atoms with Gasteiger partial charge in [0.15, 0.2) is 0 Å². The molecule has 1 fully saturated rings. The van der Waals surface area contributed by atoms with Crippen molar-refractivity contribution < 1.29 is 14.6 Å². The van der Waals surface area contributed by atoms with Gasteiger partial charge in [0.1, 0.15) is 5.75 Å². The predicted molar refractivity (Wildman–Crippen MR) is 77.7 cm³/mol. The van der Waals surface area contributed by atoms with Crippen LogP contribution in [0, 0.1) is 0 Å². The molecule has 0 spiro atoms. The van der Waals surface area contributed by atoms with E-state index in [1.165, 1.54) is 0 Å². The zero-order valence-corrected chi connectivity index (χ0v) is 12.0. The SMILES string of the molecule is COc1ccccc1CCC(=O)NC1CCC(O)CC1. The van der Waals surface area contributed by atoms with E-state index in [9.17, 15) is 9.90 Å². The van der Waals surface area contributed by atoms with E-state index in [2.05, 4.69) is 5.32 Å². The molecular weight excluding hydrogens is 254 g/mol. The Kier molecular flexibility index (Phi) is 5.41. The largest absolute Gasteiger partial charge is 0.496 e. The first-order chi connectivity index (χ1) is 9.69. The lowest BCUT2D eigenvalue weighted by Gasteiger charge is -2.26. The third-order valence-electron chi connectivity index (χ3n) is 3.88. The van der Waals surface area contributed by atoms with Gasteiger partial charge in [-0.1, -0.05) is 18.2 Å². The number of methoxy groups -OCH3 is 1. The van der Waals surface area contributed by atoms with E-state index in [0.717, 1.165) is 37.0 Å². The van der Waals surface area contributed by atoms with Gasteiger partial charge >= 0.3 is 0 Å². The molecule has 0 unspecified atom stereocenters. The standard InChI is InChI=1S/C16H23NO3/c1-20-15-5-3-2-4-12(15)6-11-16(19)17-13-7-9-14(18)10-8-13/h2-5,13-14,18H,6-11H2,1H3,(H,17,19). The highest BCUT2D eigenvalue weighted by Crippen LogP contribution is 2.20. The summed E-state index contributed by atoms with van der Waals surface area (Å²) in [4.78, 5) is 12.0. The number of ether oxygens (including phenoxy) is 1. The highest BCUT2D eigenvalue weighted by atomic mass is 16.5. The summed E-state index contributed by atoms with van der Waals surface area (Å²) in [6.07, 6.45) is 4.31. The van der Waals surface area contributed by atoms with Crippen LogP contribution in [0.5, 0.6) is 5.75 Å². The topological polar surface area (TPSA) is 58.6 Å². The summed E-state index contributed by atoms with van der Waals surface area (Å²) in [7, 11) is 1.65. The Morgan fingerprint density at radius 1 is 1.30 bits per heavy atom. The molecule has 0 atom stereocenters. The molecule has 2 rings (SSSR count). The summed E-state index contributed by atoms with van der Waals surface area (Å²) in [6, 6.07) is 8.01. The van der Waals surface area contributed by atoms with Crippen LogP contribution in [0.3, 0.4) is 0 Å². The first kappa shape index (κ1) is 14.9. The van der Waals surface area contributed by atoms with Crippen LogP contribution in [0.1, 0.15) is 37.7 Å². The monoisotopic (exact) mass is 277 g/mol. The second-order valence-electron chi connectivity index (χ2n) is 5.38. The van der Waals surface area contributed by atoms with E-state index < -0.39 is 0 Å². The lowest BCUT2D eigenvalue weighted by Crippen LogP contribution is -2.38. The molecule has 0 bridgehead atoms. The van der Waals surface area contributed by atoms with Crippen molar-refractivity contribution in [2.45, 2.75) is 50.7 Å². The van der Waals surface area contributed by atoms with Crippen molar-refractivity contribution in [1.29, 1.82) is 0 Å². The van der Waals surface area contributed by atoms with E-state index in [4.69, 9.17) is 4.74 Å². The molecule has 2 N–H and O–H groups in total. The molecule has 1 amide bonds. The summed E-state index contributed by atoms with van der Waals surface area (Å²) in [5, 5.41) is 12.5. The van der Waals surface area contributed by atoms with E-state index in [0.29, 0.717) is 12.8 Å². The van der Waals surface area contributed by atoms with Crippen molar-refractivity contribution in [3.8, 4) is 5.75 Å². The van der Waals surface area contributed by atoms with Crippen molar-refractivity contribution in [2.24, 2.45) is 0 Å². The first-order valence-corrected chi connectivity index (χ1v) is 7.28. The van der Waals surface area contributed by atoms with Crippen LogP contribution >= 0.6 is 0 Å². The molecule has 4 heteroatoms. The van der Waals surface area contributed by atoms with E-state index in [-0.39, 0.29) is 18.1 Å². The molecule has 0 saturated heterocycles. The van der Waals surface area contributed by atoms with Crippen molar-refractivity contribution in [1.82, 2.24) is 5.32 Å². The average Bonchev–Trinajstić information content (AvgIpc) is 2.48. The second-order valence-corrected chi connectivity index (χ2v) is 5.38. The lowest BCUT2D eigenvalue weighted by molar-refractivity contribution is -0.122. The number of carbonyl (C=O) groups is 1. The number of aliphatic hydroxyl groups is 1. The van der Waals surface area contributed by atoms with Gasteiger partial charge in [-0.05, 0) is 43.7 Å². The minimum absolute atomic E-state index is 0.0808. The summed E-state index contributed by atoms with van der Waals surface area (Å²) < 4.78 is 5.28. The molecule has 0 radical (unpaired) electrons. The second kappa shape index (κ2) is 7.29. The van der Waals surface area contributed by atoms with Crippen molar-refractivity contribution in [3.63, 3.8) is 0 Å². The minimum atomic E-state index is -0.184. The third kappa shape index (κ3) is 4.23. The number of hydrogen-bond acceptors (Lipinski definition) is 3. The fraction of sp³-hybridized carbons (Fsp3) is 0.562. The van der Waals surface area contributed by atoms with Gasteiger partial charge in [-0.2, -0.15) is 0 Å². The quantitative estimate of drug-likeness (QED) is 0.866. The molecule has 0 heterocycles.